The summed E-state index contributed by atoms with van der Waals surface area (Å²) in [5.74, 6) is 0.463. The summed E-state index contributed by atoms with van der Waals surface area (Å²) >= 11 is 5.74. The molecule has 0 spiro atoms. The third kappa shape index (κ3) is 3.84. The van der Waals surface area contributed by atoms with Crippen molar-refractivity contribution in [3.8, 4) is 0 Å². The number of carbonyl (C=O) groups excluding carboxylic acids is 1. The molecule has 2 nitrogen and oxygen atoms in total. The van der Waals surface area contributed by atoms with Crippen molar-refractivity contribution in [2.24, 2.45) is 0 Å². The van der Waals surface area contributed by atoms with Crippen molar-refractivity contribution in [2.45, 2.75) is 25.8 Å². The highest BCUT2D eigenvalue weighted by Crippen LogP contribution is 2.08. The van der Waals surface area contributed by atoms with Crippen LogP contribution in [0.4, 0.5) is 0 Å². The first-order chi connectivity index (χ1) is 9.72. The lowest BCUT2D eigenvalue weighted by molar-refractivity contribution is 0.0951. The summed E-state index contributed by atoms with van der Waals surface area (Å²) in [5, 5.41) is 2.92. The molecular weight excluding hydrogens is 270 g/mol. The minimum Gasteiger partial charge on any atom is -0.348 e. The molecule has 1 amide bonds. The third-order valence-electron chi connectivity index (χ3n) is 3.25. The molecule has 0 fully saturated rings. The number of benzene rings is 2. The molecule has 2 rings (SSSR count). The van der Waals surface area contributed by atoms with Gasteiger partial charge in [-0.15, -0.1) is 11.6 Å². The van der Waals surface area contributed by atoms with Crippen molar-refractivity contribution in [1.82, 2.24) is 5.32 Å². The number of halogens is 1. The van der Waals surface area contributed by atoms with Crippen molar-refractivity contribution >= 4 is 17.5 Å². The molecule has 0 aromatic heterocycles. The Hall–Kier alpha value is -1.80. The lowest BCUT2D eigenvalue weighted by Gasteiger charge is -2.06. The molecule has 0 radical (unpaired) electrons. The molecule has 0 saturated carbocycles. The number of rotatable bonds is 5. The summed E-state index contributed by atoms with van der Waals surface area (Å²) in [7, 11) is 0. The van der Waals surface area contributed by atoms with E-state index in [1.807, 2.05) is 48.5 Å². The van der Waals surface area contributed by atoms with Crippen LogP contribution in [0.5, 0.6) is 0 Å². The van der Waals surface area contributed by atoms with E-state index in [0.717, 1.165) is 17.5 Å². The second-order valence-corrected chi connectivity index (χ2v) is 4.95. The van der Waals surface area contributed by atoms with Crippen molar-refractivity contribution in [2.75, 3.05) is 0 Å². The van der Waals surface area contributed by atoms with Gasteiger partial charge in [-0.1, -0.05) is 43.3 Å². The third-order valence-corrected chi connectivity index (χ3v) is 3.56. The number of hydrogen-bond donors (Lipinski definition) is 1. The molecule has 0 heterocycles. The predicted molar refractivity (Wildman–Crippen MR) is 83.0 cm³/mol. The summed E-state index contributed by atoms with van der Waals surface area (Å²) in [4.78, 5) is 12.0. The van der Waals surface area contributed by atoms with Gasteiger partial charge in [-0.3, -0.25) is 4.79 Å². The van der Waals surface area contributed by atoms with Crippen molar-refractivity contribution in [3.05, 3.63) is 70.8 Å². The zero-order valence-corrected chi connectivity index (χ0v) is 12.3. The molecule has 0 saturated heterocycles. The van der Waals surface area contributed by atoms with Gasteiger partial charge in [0.25, 0.3) is 5.91 Å². The van der Waals surface area contributed by atoms with Crippen molar-refractivity contribution < 1.29 is 4.79 Å². The van der Waals surface area contributed by atoms with Gasteiger partial charge in [-0.25, -0.2) is 0 Å². The zero-order valence-electron chi connectivity index (χ0n) is 11.5. The minimum absolute atomic E-state index is 0.0472. The van der Waals surface area contributed by atoms with Crippen LogP contribution in [0, 0.1) is 0 Å². The lowest BCUT2D eigenvalue weighted by Crippen LogP contribution is -2.22. The van der Waals surface area contributed by atoms with Gasteiger partial charge < -0.3 is 5.32 Å². The second kappa shape index (κ2) is 7.11. The Labute approximate surface area is 124 Å². The maximum atomic E-state index is 12.0. The van der Waals surface area contributed by atoms with E-state index in [1.54, 1.807) is 0 Å². The molecule has 3 heteroatoms. The van der Waals surface area contributed by atoms with Gasteiger partial charge in [-0.2, -0.15) is 0 Å². The average molecular weight is 288 g/mol. The molecule has 0 atom stereocenters. The molecule has 0 bridgehead atoms. The van der Waals surface area contributed by atoms with Crippen molar-refractivity contribution in [1.29, 1.82) is 0 Å². The van der Waals surface area contributed by atoms with Crippen LogP contribution < -0.4 is 5.32 Å². The average Bonchev–Trinajstić information content (AvgIpc) is 2.53. The smallest absolute Gasteiger partial charge is 0.251 e. The lowest BCUT2D eigenvalue weighted by atomic mass is 10.1. The minimum atomic E-state index is -0.0472. The summed E-state index contributed by atoms with van der Waals surface area (Å²) in [5.41, 5.74) is 4.08. The van der Waals surface area contributed by atoms with E-state index in [-0.39, 0.29) is 5.91 Å². The summed E-state index contributed by atoms with van der Waals surface area (Å²) in [6, 6.07) is 15.6. The largest absolute Gasteiger partial charge is 0.348 e. The first-order valence-corrected chi connectivity index (χ1v) is 7.27. The summed E-state index contributed by atoms with van der Waals surface area (Å²) < 4.78 is 0. The molecule has 1 N–H and O–H groups in total. The maximum Gasteiger partial charge on any atom is 0.251 e. The zero-order chi connectivity index (χ0) is 14.4. The van der Waals surface area contributed by atoms with Crippen LogP contribution in [-0.2, 0) is 18.8 Å². The van der Waals surface area contributed by atoms with Gasteiger partial charge in [0.15, 0.2) is 0 Å². The quantitative estimate of drug-likeness (QED) is 0.830. The maximum absolute atomic E-state index is 12.0. The highest BCUT2D eigenvalue weighted by molar-refractivity contribution is 6.17. The van der Waals surface area contributed by atoms with E-state index in [1.165, 1.54) is 5.56 Å². The number of alkyl halides is 1. The van der Waals surface area contributed by atoms with Gasteiger partial charge in [0, 0.05) is 18.0 Å². The molecule has 104 valence electrons. The van der Waals surface area contributed by atoms with Crippen LogP contribution >= 0.6 is 11.6 Å². The van der Waals surface area contributed by atoms with Crippen LogP contribution in [0.2, 0.25) is 0 Å². The van der Waals surface area contributed by atoms with Crippen LogP contribution in [0.15, 0.2) is 48.5 Å². The standard InChI is InChI=1S/C17H18ClNO/c1-2-13-7-9-16(10-8-13)17(20)19-12-15-5-3-14(11-18)4-6-15/h3-10H,2,11-12H2,1H3,(H,19,20). The van der Waals surface area contributed by atoms with Gasteiger partial charge in [0.2, 0.25) is 0 Å². The van der Waals surface area contributed by atoms with E-state index < -0.39 is 0 Å². The monoisotopic (exact) mass is 287 g/mol. The fourth-order valence-electron chi connectivity index (χ4n) is 1.92. The molecule has 20 heavy (non-hydrogen) atoms. The predicted octanol–water partition coefficient (Wildman–Crippen LogP) is 3.92. The first kappa shape index (κ1) is 14.6. The Morgan fingerprint density at radius 1 is 0.950 bits per heavy atom. The number of amides is 1. The van der Waals surface area contributed by atoms with Gasteiger partial charge in [0.05, 0.1) is 0 Å². The van der Waals surface area contributed by atoms with Crippen LogP contribution in [0.25, 0.3) is 0 Å². The molecule has 0 unspecified atom stereocenters. The summed E-state index contributed by atoms with van der Waals surface area (Å²) in [6.45, 7) is 2.62. The molecule has 0 aliphatic heterocycles. The SMILES string of the molecule is CCc1ccc(C(=O)NCc2ccc(CCl)cc2)cc1. The Kier molecular flexibility index (Phi) is 5.19. The Bertz CT molecular complexity index is 561. The van der Waals surface area contributed by atoms with E-state index >= 15 is 0 Å². The van der Waals surface area contributed by atoms with E-state index in [9.17, 15) is 4.79 Å². The van der Waals surface area contributed by atoms with Crippen LogP contribution in [-0.4, -0.2) is 5.91 Å². The fraction of sp³-hybridized carbons (Fsp3) is 0.235. The Morgan fingerprint density at radius 3 is 2.05 bits per heavy atom. The fourth-order valence-corrected chi connectivity index (χ4v) is 2.10. The van der Waals surface area contributed by atoms with Gasteiger partial charge in [0.1, 0.15) is 0 Å². The van der Waals surface area contributed by atoms with Crippen LogP contribution in [0.1, 0.15) is 34.0 Å². The molecule has 2 aromatic carbocycles. The Morgan fingerprint density at radius 2 is 1.50 bits per heavy atom. The van der Waals surface area contributed by atoms with Gasteiger partial charge >= 0.3 is 0 Å². The number of hydrogen-bond acceptors (Lipinski definition) is 1. The molecule has 0 aliphatic carbocycles. The molecule has 2 aromatic rings. The molecular formula is C17H18ClNO. The highest BCUT2D eigenvalue weighted by Gasteiger charge is 2.04. The van der Waals surface area contributed by atoms with Gasteiger partial charge in [-0.05, 0) is 35.2 Å². The normalized spacial score (nSPS) is 10.3. The number of aryl methyl sites for hydroxylation is 1. The number of carbonyl (C=O) groups is 1. The van der Waals surface area contributed by atoms with Crippen molar-refractivity contribution in [3.63, 3.8) is 0 Å². The summed E-state index contributed by atoms with van der Waals surface area (Å²) in [6.07, 6.45) is 0.981. The van der Waals surface area contributed by atoms with E-state index in [2.05, 4.69) is 12.2 Å². The van der Waals surface area contributed by atoms with E-state index in [0.29, 0.717) is 18.0 Å². The van der Waals surface area contributed by atoms with E-state index in [4.69, 9.17) is 11.6 Å². The first-order valence-electron chi connectivity index (χ1n) is 6.74. The topological polar surface area (TPSA) is 29.1 Å². The molecule has 0 aliphatic rings. The van der Waals surface area contributed by atoms with Crippen LogP contribution in [0.3, 0.4) is 0 Å². The Balaban J connectivity index is 1.93. The number of nitrogens with one attached hydrogen (secondary N) is 1. The highest BCUT2D eigenvalue weighted by atomic mass is 35.5. The second-order valence-electron chi connectivity index (χ2n) is 4.68.